The van der Waals surface area contributed by atoms with E-state index in [4.69, 9.17) is 5.73 Å². The summed E-state index contributed by atoms with van der Waals surface area (Å²) in [4.78, 5) is 122. The van der Waals surface area contributed by atoms with Crippen LogP contribution in [0.5, 0.6) is 0 Å². The lowest BCUT2D eigenvalue weighted by Crippen LogP contribution is -2.48. The van der Waals surface area contributed by atoms with Gasteiger partial charge in [-0.15, -0.1) is 0 Å². The summed E-state index contributed by atoms with van der Waals surface area (Å²) in [5.74, 6) is -4.59. The monoisotopic (exact) mass is 715 g/mol. The number of rotatable bonds is 21. The quantitative estimate of drug-likeness (QED) is 0.0609. The van der Waals surface area contributed by atoms with Crippen LogP contribution in [0.25, 0.3) is 0 Å². The molecule has 0 fully saturated rings. The molecule has 0 aromatic rings. The van der Waals surface area contributed by atoms with E-state index in [1.807, 2.05) is 13.8 Å². The fourth-order valence-electron chi connectivity index (χ4n) is 3.27. The highest BCUT2D eigenvalue weighted by Gasteiger charge is 2.19. The van der Waals surface area contributed by atoms with E-state index in [9.17, 15) is 47.9 Å². The van der Waals surface area contributed by atoms with E-state index in [0.29, 0.717) is 13.0 Å². The van der Waals surface area contributed by atoms with Crippen molar-refractivity contribution in [3.63, 3.8) is 0 Å². The number of primary amides is 1. The van der Waals surface area contributed by atoms with Gasteiger partial charge >= 0.3 is 0 Å². The number of carbonyl (C=O) groups excluding carboxylic acids is 10. The normalized spacial score (nSPS) is 9.94. The maximum atomic E-state index is 12.3. The molecule has 0 spiro atoms. The first-order valence-corrected chi connectivity index (χ1v) is 15.4. The molecule has 0 heterocycles. The number of nitrogens with two attached hydrogens (primary N) is 1. The molecule has 10 amide bonds. The van der Waals surface area contributed by atoms with Gasteiger partial charge in [-0.1, -0.05) is 13.8 Å². The smallest absolute Gasteiger partial charge is 0.242 e. The van der Waals surface area contributed by atoms with Crippen LogP contribution in [0.2, 0.25) is 0 Å². The van der Waals surface area contributed by atoms with Crippen molar-refractivity contribution in [2.45, 2.75) is 26.8 Å². The molecule has 0 radical (unpaired) electrons. The van der Waals surface area contributed by atoms with E-state index in [-0.39, 0.29) is 57.1 Å². The third-order valence-corrected chi connectivity index (χ3v) is 6.16. The molecule has 0 saturated carbocycles. The summed E-state index contributed by atoms with van der Waals surface area (Å²) < 4.78 is 0. The summed E-state index contributed by atoms with van der Waals surface area (Å²) in [6, 6.07) is 0.108. The maximum Gasteiger partial charge on any atom is 0.242 e. The Kier molecular flexibility index (Phi) is 24.0. The first kappa shape index (κ1) is 46.8. The summed E-state index contributed by atoms with van der Waals surface area (Å²) >= 11 is 0. The Hall–Kier alpha value is -5.34. The summed E-state index contributed by atoms with van der Waals surface area (Å²) in [5, 5.41) is 12.6. The molecule has 0 aliphatic heterocycles. The molecule has 21 heteroatoms. The van der Waals surface area contributed by atoms with Gasteiger partial charge in [0.05, 0.1) is 58.9 Å². The van der Waals surface area contributed by atoms with Gasteiger partial charge in [-0.05, 0) is 6.92 Å². The Bertz CT molecular complexity index is 1200. The van der Waals surface area contributed by atoms with Crippen molar-refractivity contribution in [1.82, 2.24) is 51.1 Å². The first-order chi connectivity index (χ1) is 23.2. The van der Waals surface area contributed by atoms with Crippen LogP contribution < -0.4 is 32.3 Å². The number of carbonyl (C=O) groups is 10. The van der Waals surface area contributed by atoms with Crippen LogP contribution >= 0.6 is 0 Å². The van der Waals surface area contributed by atoms with E-state index >= 15 is 0 Å². The molecule has 284 valence electrons. The van der Waals surface area contributed by atoms with E-state index in [1.165, 1.54) is 45.0 Å². The maximum absolute atomic E-state index is 12.3. The number of hydrogen-bond acceptors (Lipinski definition) is 11. The molecule has 0 saturated heterocycles. The predicted molar refractivity (Wildman–Crippen MR) is 179 cm³/mol. The lowest BCUT2D eigenvalue weighted by atomic mass is 10.3. The fourth-order valence-corrected chi connectivity index (χ4v) is 3.27. The average Bonchev–Trinajstić information content (AvgIpc) is 3.03. The molecule has 0 aliphatic carbocycles. The van der Waals surface area contributed by atoms with Crippen LogP contribution in [0.1, 0.15) is 20.8 Å². The summed E-state index contributed by atoms with van der Waals surface area (Å²) in [6.07, 6.45) is 0.546. The van der Waals surface area contributed by atoms with Gasteiger partial charge in [0.15, 0.2) is 0 Å². The highest BCUT2D eigenvalue weighted by molar-refractivity contribution is 5.93. The molecular weight excluding hydrogens is 662 g/mol. The minimum absolute atomic E-state index is 0.0104. The van der Waals surface area contributed by atoms with Crippen LogP contribution in [0.15, 0.2) is 0 Å². The second kappa shape index (κ2) is 25.6. The second-order valence-corrected chi connectivity index (χ2v) is 11.3. The van der Waals surface area contributed by atoms with E-state index in [1.54, 1.807) is 6.92 Å². The Morgan fingerprint density at radius 2 is 0.840 bits per heavy atom. The third-order valence-electron chi connectivity index (χ3n) is 6.16. The number of nitrogens with zero attached hydrogens (tertiary/aromatic N) is 5. The van der Waals surface area contributed by atoms with Crippen LogP contribution in [-0.2, 0) is 47.9 Å². The van der Waals surface area contributed by atoms with Gasteiger partial charge in [-0.25, -0.2) is 0 Å². The van der Waals surface area contributed by atoms with Gasteiger partial charge in [0, 0.05) is 47.8 Å². The van der Waals surface area contributed by atoms with Crippen molar-refractivity contribution >= 4 is 59.6 Å². The first-order valence-electron chi connectivity index (χ1n) is 15.4. The molecular formula is C29H53N11O10. The number of hydrogen-bond donors (Lipinski definition) is 6. The zero-order valence-corrected chi connectivity index (χ0v) is 30.1. The van der Waals surface area contributed by atoms with Crippen molar-refractivity contribution in [3.8, 4) is 0 Å². The van der Waals surface area contributed by atoms with Crippen LogP contribution in [0.3, 0.4) is 0 Å². The average molecular weight is 716 g/mol. The SMILES string of the molecule is CCNC(=O)CN(C)C(=O)CNC(=O)CN(C)C(=O)CNC(=O)CN(C)C(=O)CNC(=O)CN(C)C(=O)CNC(C)C.CN(C=O)CC(N)=O. The summed E-state index contributed by atoms with van der Waals surface area (Å²) in [7, 11) is 7.04. The molecule has 0 aromatic carbocycles. The molecule has 50 heavy (non-hydrogen) atoms. The number of amides is 10. The van der Waals surface area contributed by atoms with E-state index in [0.717, 1.165) is 14.7 Å². The molecule has 7 N–H and O–H groups in total. The molecule has 0 aromatic heterocycles. The topological polar surface area (TPSA) is 273 Å². The van der Waals surface area contributed by atoms with Gasteiger partial charge in [-0.2, -0.15) is 0 Å². The van der Waals surface area contributed by atoms with Crippen molar-refractivity contribution in [3.05, 3.63) is 0 Å². The zero-order chi connectivity index (χ0) is 39.0. The summed E-state index contributed by atoms with van der Waals surface area (Å²) in [5.41, 5.74) is 4.73. The van der Waals surface area contributed by atoms with Crippen LogP contribution in [0, 0.1) is 0 Å². The number of likely N-dealkylation sites (N-methyl/N-ethyl adjacent to an activating group) is 6. The number of nitrogens with one attached hydrogen (secondary N) is 5. The third kappa shape index (κ3) is 23.9. The van der Waals surface area contributed by atoms with E-state index in [2.05, 4.69) is 26.6 Å². The van der Waals surface area contributed by atoms with Gasteiger partial charge < -0.3 is 56.8 Å². The Morgan fingerprint density at radius 3 is 1.08 bits per heavy atom. The zero-order valence-electron chi connectivity index (χ0n) is 30.1. The highest BCUT2D eigenvalue weighted by Crippen LogP contribution is 1.90. The molecule has 0 bridgehead atoms. The van der Waals surface area contributed by atoms with Gasteiger partial charge in [0.1, 0.15) is 0 Å². The molecule has 0 aliphatic rings. The minimum atomic E-state index is -0.646. The van der Waals surface area contributed by atoms with Crippen LogP contribution in [-0.4, -0.2) is 191 Å². The van der Waals surface area contributed by atoms with Gasteiger partial charge in [-0.3, -0.25) is 47.9 Å². The van der Waals surface area contributed by atoms with E-state index < -0.39 is 61.0 Å². The van der Waals surface area contributed by atoms with Crippen molar-refractivity contribution in [2.75, 3.05) is 101 Å². The van der Waals surface area contributed by atoms with Gasteiger partial charge in [0.25, 0.3) is 0 Å². The molecule has 21 nitrogen and oxygen atoms in total. The fraction of sp³-hybridized carbons (Fsp3) is 0.655. The summed E-state index contributed by atoms with van der Waals surface area (Å²) in [6.45, 7) is 3.63. The molecule has 0 rings (SSSR count). The largest absolute Gasteiger partial charge is 0.368 e. The van der Waals surface area contributed by atoms with Crippen LogP contribution in [0.4, 0.5) is 0 Å². The highest BCUT2D eigenvalue weighted by atomic mass is 16.2. The van der Waals surface area contributed by atoms with Gasteiger partial charge in [0.2, 0.25) is 59.6 Å². The Balaban J connectivity index is 0. The molecule has 0 atom stereocenters. The van der Waals surface area contributed by atoms with Crippen molar-refractivity contribution in [1.29, 1.82) is 0 Å². The standard InChI is InChI=1S/C25H45N9O8.C4H8N2O2/c1-8-26-18(35)13-31(4)23(40)10-28-20(37)15-33(6)25(42)12-30-21(38)16-34(7)24(41)11-29-19(36)14-32(5)22(39)9-27-17(2)3;1-6(3-7)2-4(5)8/h17,27H,8-16H2,1-7H3,(H,26,35)(H,28,37)(H,29,36)(H,30,38);3H,2H2,1H3,(H2,5,8). The lowest BCUT2D eigenvalue weighted by Gasteiger charge is -2.20. The minimum Gasteiger partial charge on any atom is -0.368 e. The second-order valence-electron chi connectivity index (χ2n) is 11.3. The molecule has 0 unspecified atom stereocenters. The van der Waals surface area contributed by atoms with Crippen molar-refractivity contribution < 1.29 is 47.9 Å². The predicted octanol–water partition coefficient (Wildman–Crippen LogP) is -6.14. The van der Waals surface area contributed by atoms with Crippen molar-refractivity contribution in [2.24, 2.45) is 5.73 Å². The Labute approximate surface area is 291 Å². The Morgan fingerprint density at radius 1 is 0.540 bits per heavy atom. The lowest BCUT2D eigenvalue weighted by molar-refractivity contribution is -0.138.